The molecule has 4 atom stereocenters. The fourth-order valence-corrected chi connectivity index (χ4v) is 0.584. The first-order valence-electron chi connectivity index (χ1n) is 4.73. The number of likely N-dealkylation sites (N-methyl/N-ethyl adjacent to an activating group) is 2. The topological polar surface area (TPSA) is 145 Å². The van der Waals surface area contributed by atoms with E-state index in [-0.39, 0.29) is 0 Å². The van der Waals surface area contributed by atoms with Crippen LogP contribution in [0.3, 0.4) is 0 Å². The van der Waals surface area contributed by atoms with Crippen molar-refractivity contribution in [3.05, 3.63) is 0 Å². The molecule has 0 spiro atoms. The van der Waals surface area contributed by atoms with Gasteiger partial charge in [-0.15, -0.1) is 0 Å². The van der Waals surface area contributed by atoms with Crippen LogP contribution in [0.2, 0.25) is 0 Å². The summed E-state index contributed by atoms with van der Waals surface area (Å²) in [5.74, 6) is 0. The standard InChI is InChI=1S/2C4H11NO3/c2*1-5-4(8)3(7)2-6/h2*3-8H,2H2,1H3. The number of hydrogen-bond acceptors (Lipinski definition) is 8. The largest absolute Gasteiger partial charge is 0.394 e. The van der Waals surface area contributed by atoms with Gasteiger partial charge in [0.25, 0.3) is 0 Å². The first kappa shape index (κ1) is 18.1. The lowest BCUT2D eigenvalue weighted by molar-refractivity contribution is -0.0268. The Bertz CT molecular complexity index is 118. The van der Waals surface area contributed by atoms with Gasteiger partial charge in [-0.05, 0) is 14.1 Å². The highest BCUT2D eigenvalue weighted by Crippen LogP contribution is 1.84. The molecule has 0 radical (unpaired) electrons. The predicted molar refractivity (Wildman–Crippen MR) is 56.3 cm³/mol. The molecule has 4 unspecified atom stereocenters. The van der Waals surface area contributed by atoms with Crippen molar-refractivity contribution >= 4 is 0 Å². The van der Waals surface area contributed by atoms with E-state index >= 15 is 0 Å². The van der Waals surface area contributed by atoms with Gasteiger partial charge < -0.3 is 30.6 Å². The zero-order valence-corrected chi connectivity index (χ0v) is 9.41. The second kappa shape index (κ2) is 11.2. The van der Waals surface area contributed by atoms with Crippen LogP contribution < -0.4 is 10.6 Å². The highest BCUT2D eigenvalue weighted by molar-refractivity contribution is 4.59. The first-order chi connectivity index (χ1) is 7.44. The lowest BCUT2D eigenvalue weighted by Crippen LogP contribution is -2.39. The maximum Gasteiger partial charge on any atom is 0.133 e. The predicted octanol–water partition coefficient (Wildman–Crippen LogP) is -4.25. The molecular weight excluding hydrogens is 220 g/mol. The van der Waals surface area contributed by atoms with Crippen LogP contribution >= 0.6 is 0 Å². The van der Waals surface area contributed by atoms with Crippen molar-refractivity contribution < 1.29 is 30.6 Å². The van der Waals surface area contributed by atoms with Crippen LogP contribution in [-0.4, -0.2) is 82.6 Å². The third-order valence-corrected chi connectivity index (χ3v) is 1.69. The number of rotatable bonds is 6. The molecule has 16 heavy (non-hydrogen) atoms. The molecule has 8 nitrogen and oxygen atoms in total. The molecule has 0 aromatic rings. The van der Waals surface area contributed by atoms with Crippen LogP contribution in [0.1, 0.15) is 0 Å². The lowest BCUT2D eigenvalue weighted by atomic mass is 10.3. The van der Waals surface area contributed by atoms with E-state index < -0.39 is 37.9 Å². The van der Waals surface area contributed by atoms with Crippen LogP contribution in [0, 0.1) is 0 Å². The second-order valence-electron chi connectivity index (χ2n) is 2.97. The Kier molecular flexibility index (Phi) is 12.6. The van der Waals surface area contributed by atoms with E-state index in [0.29, 0.717) is 0 Å². The summed E-state index contributed by atoms with van der Waals surface area (Å²) in [5, 5.41) is 55.4. The summed E-state index contributed by atoms with van der Waals surface area (Å²) in [6.45, 7) is -0.857. The minimum Gasteiger partial charge on any atom is -0.394 e. The monoisotopic (exact) mass is 242 g/mol. The van der Waals surface area contributed by atoms with Crippen LogP contribution in [0.15, 0.2) is 0 Å². The Balaban J connectivity index is 0. The zero-order valence-electron chi connectivity index (χ0n) is 9.41. The van der Waals surface area contributed by atoms with E-state index in [1.807, 2.05) is 0 Å². The van der Waals surface area contributed by atoms with Crippen molar-refractivity contribution in [1.29, 1.82) is 0 Å². The van der Waals surface area contributed by atoms with E-state index in [1.165, 1.54) is 14.1 Å². The minimum absolute atomic E-state index is 0.429. The first-order valence-corrected chi connectivity index (χ1v) is 4.73. The second-order valence-corrected chi connectivity index (χ2v) is 2.97. The van der Waals surface area contributed by atoms with Crippen molar-refractivity contribution in [1.82, 2.24) is 10.6 Å². The summed E-state index contributed by atoms with van der Waals surface area (Å²) in [5.41, 5.74) is 0. The Morgan fingerprint density at radius 3 is 1.06 bits per heavy atom. The van der Waals surface area contributed by atoms with Gasteiger partial charge in [0.15, 0.2) is 0 Å². The van der Waals surface area contributed by atoms with E-state index in [2.05, 4.69) is 10.6 Å². The maximum absolute atomic E-state index is 8.61. The smallest absolute Gasteiger partial charge is 0.133 e. The molecule has 8 N–H and O–H groups in total. The third-order valence-electron chi connectivity index (χ3n) is 1.69. The molecule has 0 aliphatic carbocycles. The molecule has 0 amide bonds. The van der Waals surface area contributed by atoms with Gasteiger partial charge in [0.05, 0.1) is 13.2 Å². The molecule has 0 rings (SSSR count). The van der Waals surface area contributed by atoms with Gasteiger partial charge in [-0.1, -0.05) is 0 Å². The fraction of sp³-hybridized carbons (Fsp3) is 1.00. The maximum atomic E-state index is 8.61. The third kappa shape index (κ3) is 8.95. The zero-order chi connectivity index (χ0) is 13.1. The Hall–Kier alpha value is -0.320. The van der Waals surface area contributed by atoms with Crippen molar-refractivity contribution in [3.63, 3.8) is 0 Å². The summed E-state index contributed by atoms with van der Waals surface area (Å²) < 4.78 is 0. The van der Waals surface area contributed by atoms with Crippen LogP contribution in [0.5, 0.6) is 0 Å². The highest BCUT2D eigenvalue weighted by atomic mass is 16.4. The number of hydrogen-bond donors (Lipinski definition) is 8. The molecule has 0 heterocycles. The molecule has 0 saturated heterocycles. The van der Waals surface area contributed by atoms with Gasteiger partial charge >= 0.3 is 0 Å². The van der Waals surface area contributed by atoms with Crippen molar-refractivity contribution in [2.75, 3.05) is 27.3 Å². The van der Waals surface area contributed by atoms with Gasteiger partial charge in [-0.2, -0.15) is 0 Å². The molecule has 0 aliphatic heterocycles. The molecule has 0 aromatic heterocycles. The highest BCUT2D eigenvalue weighted by Gasteiger charge is 2.11. The Morgan fingerprint density at radius 2 is 1.00 bits per heavy atom. The molecule has 0 aliphatic rings. The van der Waals surface area contributed by atoms with Gasteiger partial charge in [-0.3, -0.25) is 10.6 Å². The average Bonchev–Trinajstić information content (AvgIpc) is 2.35. The van der Waals surface area contributed by atoms with Crippen molar-refractivity contribution in [2.45, 2.75) is 24.7 Å². The van der Waals surface area contributed by atoms with Crippen LogP contribution in [0.4, 0.5) is 0 Å². The van der Waals surface area contributed by atoms with Crippen LogP contribution in [-0.2, 0) is 0 Å². The molecule has 8 heteroatoms. The molecule has 0 fully saturated rings. The van der Waals surface area contributed by atoms with E-state index in [0.717, 1.165) is 0 Å². The fourth-order valence-electron chi connectivity index (χ4n) is 0.584. The van der Waals surface area contributed by atoms with Gasteiger partial charge in [0.1, 0.15) is 24.7 Å². The number of aliphatic hydroxyl groups excluding tert-OH is 6. The Morgan fingerprint density at radius 1 is 0.750 bits per heavy atom. The Labute approximate surface area is 94.2 Å². The van der Waals surface area contributed by atoms with Crippen LogP contribution in [0.25, 0.3) is 0 Å². The molecule has 0 bridgehead atoms. The van der Waals surface area contributed by atoms with Gasteiger partial charge in [-0.25, -0.2) is 0 Å². The lowest BCUT2D eigenvalue weighted by Gasteiger charge is -2.12. The average molecular weight is 242 g/mol. The summed E-state index contributed by atoms with van der Waals surface area (Å²) in [6, 6.07) is 0. The van der Waals surface area contributed by atoms with E-state index in [4.69, 9.17) is 30.6 Å². The van der Waals surface area contributed by atoms with Gasteiger partial charge in [0, 0.05) is 0 Å². The normalized spacial score (nSPS) is 18.0. The number of nitrogens with one attached hydrogen (secondary N) is 2. The molecule has 100 valence electrons. The summed E-state index contributed by atoms with van der Waals surface area (Å²) in [6.07, 6.45) is -4.22. The van der Waals surface area contributed by atoms with Crippen molar-refractivity contribution in [2.24, 2.45) is 0 Å². The quantitative estimate of drug-likeness (QED) is 0.219. The number of aliphatic hydroxyl groups is 6. The van der Waals surface area contributed by atoms with Crippen molar-refractivity contribution in [3.8, 4) is 0 Å². The molecule has 0 aromatic carbocycles. The van der Waals surface area contributed by atoms with E-state index in [1.54, 1.807) is 0 Å². The van der Waals surface area contributed by atoms with E-state index in [9.17, 15) is 0 Å². The SMILES string of the molecule is CNC(O)C(O)CO.CNC(O)C(O)CO. The molecular formula is C8H22N2O6. The minimum atomic E-state index is -1.08. The van der Waals surface area contributed by atoms with Gasteiger partial charge in [0.2, 0.25) is 0 Å². The summed E-state index contributed by atoms with van der Waals surface area (Å²) in [4.78, 5) is 0. The summed E-state index contributed by atoms with van der Waals surface area (Å²) >= 11 is 0. The molecule has 0 saturated carbocycles. The summed E-state index contributed by atoms with van der Waals surface area (Å²) in [7, 11) is 2.98.